The van der Waals surface area contributed by atoms with E-state index in [-0.39, 0.29) is 49.0 Å². The summed E-state index contributed by atoms with van der Waals surface area (Å²) in [4.78, 5) is 39.2. The van der Waals surface area contributed by atoms with Crippen LogP contribution in [0.25, 0.3) is 0 Å². The molecule has 0 radical (unpaired) electrons. The number of amides is 3. The number of carbonyl (C=O) groups excluding carboxylic acids is 3. The van der Waals surface area contributed by atoms with E-state index in [1.807, 2.05) is 18.2 Å². The summed E-state index contributed by atoms with van der Waals surface area (Å²) in [6.45, 7) is 2.38. The van der Waals surface area contributed by atoms with Crippen LogP contribution in [-0.2, 0) is 20.9 Å². The molecule has 2 N–H and O–H groups in total. The van der Waals surface area contributed by atoms with Crippen molar-refractivity contribution in [1.29, 1.82) is 0 Å². The van der Waals surface area contributed by atoms with Gasteiger partial charge in [0.2, 0.25) is 11.8 Å². The van der Waals surface area contributed by atoms with Crippen LogP contribution in [0, 0.1) is 0 Å². The highest BCUT2D eigenvalue weighted by molar-refractivity contribution is 6.31. The van der Waals surface area contributed by atoms with Gasteiger partial charge in [0.25, 0.3) is 5.91 Å². The molecule has 9 heteroatoms. The molecule has 186 valence electrons. The molecule has 4 rings (SSSR count). The molecule has 2 aliphatic rings. The zero-order valence-electron chi connectivity index (χ0n) is 19.9. The van der Waals surface area contributed by atoms with Crippen molar-refractivity contribution in [1.82, 2.24) is 10.2 Å². The highest BCUT2D eigenvalue weighted by atomic mass is 35.5. The summed E-state index contributed by atoms with van der Waals surface area (Å²) in [6.07, 6.45) is 1.30. The van der Waals surface area contributed by atoms with Crippen molar-refractivity contribution in [3.05, 3.63) is 58.6 Å². The number of fused-ring (bicyclic) bond motifs is 2. The van der Waals surface area contributed by atoms with Crippen molar-refractivity contribution in [2.75, 3.05) is 19.0 Å². The molecule has 0 aliphatic carbocycles. The van der Waals surface area contributed by atoms with Crippen molar-refractivity contribution < 1.29 is 23.9 Å². The van der Waals surface area contributed by atoms with Gasteiger partial charge in [-0.3, -0.25) is 14.4 Å². The van der Waals surface area contributed by atoms with Crippen LogP contribution < -0.4 is 15.4 Å². The number of carbonyl (C=O) groups is 3. The maximum Gasteiger partial charge on any atom is 0.257 e. The number of nitrogens with one attached hydrogen (secondary N) is 2. The first-order valence-corrected chi connectivity index (χ1v) is 12.2. The molecule has 0 unspecified atom stereocenters. The fourth-order valence-corrected chi connectivity index (χ4v) is 4.67. The number of hydrogen-bond donors (Lipinski definition) is 2. The van der Waals surface area contributed by atoms with Gasteiger partial charge in [-0.2, -0.15) is 0 Å². The lowest BCUT2D eigenvalue weighted by molar-refractivity contribution is -0.134. The van der Waals surface area contributed by atoms with E-state index >= 15 is 0 Å². The van der Waals surface area contributed by atoms with Gasteiger partial charge in [-0.05, 0) is 42.7 Å². The normalized spacial score (nSPS) is 21.6. The van der Waals surface area contributed by atoms with Crippen LogP contribution in [0.4, 0.5) is 5.69 Å². The lowest BCUT2D eigenvalue weighted by Crippen LogP contribution is -2.53. The maximum absolute atomic E-state index is 13.3. The molecule has 2 heterocycles. The fourth-order valence-electron chi connectivity index (χ4n) is 4.47. The van der Waals surface area contributed by atoms with Crippen molar-refractivity contribution in [3.8, 4) is 5.75 Å². The van der Waals surface area contributed by atoms with Gasteiger partial charge in [0, 0.05) is 30.7 Å². The van der Waals surface area contributed by atoms with Crippen molar-refractivity contribution >= 4 is 35.0 Å². The summed E-state index contributed by atoms with van der Waals surface area (Å²) in [5.74, 6) is 0.0107. The number of hydrogen-bond acceptors (Lipinski definition) is 5. The molecular weight excluding hydrogens is 470 g/mol. The quantitative estimate of drug-likeness (QED) is 0.630. The molecule has 1 saturated heterocycles. The molecule has 2 aromatic carbocycles. The summed E-state index contributed by atoms with van der Waals surface area (Å²) in [6, 6.07) is 12.3. The van der Waals surface area contributed by atoms with Gasteiger partial charge in [0.15, 0.2) is 0 Å². The number of ether oxygens (including phenoxy) is 2. The summed E-state index contributed by atoms with van der Waals surface area (Å²) in [5, 5.41) is 6.30. The van der Waals surface area contributed by atoms with Gasteiger partial charge in [-0.15, -0.1) is 0 Å². The molecule has 0 bridgehead atoms. The number of rotatable bonds is 6. The summed E-state index contributed by atoms with van der Waals surface area (Å²) < 4.78 is 12.2. The van der Waals surface area contributed by atoms with Gasteiger partial charge < -0.3 is 25.0 Å². The molecule has 35 heavy (non-hydrogen) atoms. The Morgan fingerprint density at radius 2 is 1.94 bits per heavy atom. The highest BCUT2D eigenvalue weighted by Gasteiger charge is 2.39. The second kappa shape index (κ2) is 11.1. The van der Waals surface area contributed by atoms with Crippen molar-refractivity contribution in [2.24, 2.45) is 0 Å². The van der Waals surface area contributed by atoms with E-state index in [4.69, 9.17) is 21.1 Å². The standard InChI is InChI=1S/C26H30ClN3O5/c1-3-24(31)29-17-8-11-22-19(12-17)26(33)30(2)21-10-9-18(35-23(21)15-34-22)13-25(32)28-14-16-6-4-5-7-20(16)27/h4-8,11-12,18,21,23H,3,9-10,13-15H2,1-2H3,(H,28,32)(H,29,31)/t18-,21-,23-/m0/s1. The predicted molar refractivity (Wildman–Crippen MR) is 133 cm³/mol. The summed E-state index contributed by atoms with van der Waals surface area (Å²) in [5.41, 5.74) is 1.82. The number of likely N-dealkylation sites (N-methyl/N-ethyl adjacent to an activating group) is 1. The minimum atomic E-state index is -0.355. The van der Waals surface area contributed by atoms with Crippen LogP contribution in [0.2, 0.25) is 5.02 Å². The first-order valence-electron chi connectivity index (χ1n) is 11.8. The molecule has 3 amide bonds. The largest absolute Gasteiger partial charge is 0.490 e. The second-order valence-electron chi connectivity index (χ2n) is 8.85. The van der Waals surface area contributed by atoms with E-state index in [0.717, 1.165) is 5.56 Å². The minimum absolute atomic E-state index is 0.114. The van der Waals surface area contributed by atoms with Gasteiger partial charge in [-0.25, -0.2) is 0 Å². The Kier molecular flexibility index (Phi) is 7.93. The van der Waals surface area contributed by atoms with E-state index in [1.54, 1.807) is 43.1 Å². The molecule has 2 aromatic rings. The number of benzene rings is 2. The molecule has 1 fully saturated rings. The van der Waals surface area contributed by atoms with Crippen LogP contribution in [0.3, 0.4) is 0 Å². The molecule has 2 aliphatic heterocycles. The Labute approximate surface area is 209 Å². The van der Waals surface area contributed by atoms with E-state index in [9.17, 15) is 14.4 Å². The van der Waals surface area contributed by atoms with Crippen molar-refractivity contribution in [2.45, 2.75) is 57.4 Å². The number of anilines is 1. The van der Waals surface area contributed by atoms with Gasteiger partial charge in [0.1, 0.15) is 18.5 Å². The topological polar surface area (TPSA) is 97.0 Å². The first-order chi connectivity index (χ1) is 16.9. The lowest BCUT2D eigenvalue weighted by Gasteiger charge is -2.42. The van der Waals surface area contributed by atoms with Gasteiger partial charge >= 0.3 is 0 Å². The number of halogens is 1. The van der Waals surface area contributed by atoms with Crippen LogP contribution >= 0.6 is 11.6 Å². The molecule has 0 aromatic heterocycles. The number of nitrogens with zero attached hydrogens (tertiary/aromatic N) is 1. The van der Waals surface area contributed by atoms with Gasteiger partial charge in [-0.1, -0.05) is 36.7 Å². The molecule has 0 spiro atoms. The lowest BCUT2D eigenvalue weighted by atomic mass is 9.94. The Morgan fingerprint density at radius 1 is 1.14 bits per heavy atom. The third-order valence-electron chi connectivity index (χ3n) is 6.46. The fraction of sp³-hybridized carbons (Fsp3) is 0.423. The van der Waals surface area contributed by atoms with Gasteiger partial charge in [0.05, 0.1) is 24.1 Å². The molecule has 8 nitrogen and oxygen atoms in total. The smallest absolute Gasteiger partial charge is 0.257 e. The van der Waals surface area contributed by atoms with Crippen LogP contribution in [-0.4, -0.2) is 54.5 Å². The average molecular weight is 500 g/mol. The molecule has 0 saturated carbocycles. The van der Waals surface area contributed by atoms with E-state index < -0.39 is 0 Å². The monoisotopic (exact) mass is 499 g/mol. The van der Waals surface area contributed by atoms with Crippen LogP contribution in [0.15, 0.2) is 42.5 Å². The predicted octanol–water partition coefficient (Wildman–Crippen LogP) is 3.78. The average Bonchev–Trinajstić information content (AvgIpc) is 2.86. The summed E-state index contributed by atoms with van der Waals surface area (Å²) in [7, 11) is 1.76. The Morgan fingerprint density at radius 3 is 2.71 bits per heavy atom. The highest BCUT2D eigenvalue weighted by Crippen LogP contribution is 2.32. The van der Waals surface area contributed by atoms with Crippen LogP contribution in [0.5, 0.6) is 5.75 Å². The summed E-state index contributed by atoms with van der Waals surface area (Å²) >= 11 is 6.16. The Balaban J connectivity index is 1.39. The van der Waals surface area contributed by atoms with E-state index in [0.29, 0.717) is 47.8 Å². The third kappa shape index (κ3) is 5.94. The zero-order chi connectivity index (χ0) is 24.9. The maximum atomic E-state index is 13.3. The van der Waals surface area contributed by atoms with Crippen LogP contribution in [0.1, 0.15) is 48.5 Å². The third-order valence-corrected chi connectivity index (χ3v) is 6.83. The van der Waals surface area contributed by atoms with Crippen molar-refractivity contribution in [3.63, 3.8) is 0 Å². The SMILES string of the molecule is CCC(=O)Nc1ccc2c(c1)C(=O)N(C)[C@H]1CC[C@@H](CC(=O)NCc3ccccc3Cl)O[C@H]1CO2. The first kappa shape index (κ1) is 25.0. The Hall–Kier alpha value is -3.10. The molecular formula is C26H30ClN3O5. The molecule has 3 atom stereocenters. The zero-order valence-corrected chi connectivity index (χ0v) is 20.6. The second-order valence-corrected chi connectivity index (χ2v) is 9.26. The van der Waals surface area contributed by atoms with E-state index in [2.05, 4.69) is 10.6 Å². The van der Waals surface area contributed by atoms with E-state index in [1.165, 1.54) is 0 Å². The minimum Gasteiger partial charge on any atom is -0.490 e. The Bertz CT molecular complexity index is 1110.